The standard InChI is InChI=1S/C30H42O2/c1-19(2)26(22-15-20(3)17-24(27(22)31)29(5)11-7-8-12-29)23-16-21(4)18-25(28(23)32)30(6)13-9-10-14-30/h15-19,26,31-32H,7-14H2,1-6H3. The molecule has 174 valence electrons. The third-order valence-corrected chi connectivity index (χ3v) is 8.62. The Morgan fingerprint density at radius 2 is 1.00 bits per heavy atom. The Labute approximate surface area is 195 Å². The minimum atomic E-state index is -0.0395. The lowest BCUT2D eigenvalue weighted by Crippen LogP contribution is -2.20. The van der Waals surface area contributed by atoms with Crippen molar-refractivity contribution >= 4 is 0 Å². The molecule has 0 amide bonds. The lowest BCUT2D eigenvalue weighted by molar-refractivity contribution is 0.398. The van der Waals surface area contributed by atoms with Crippen LogP contribution < -0.4 is 0 Å². The molecule has 0 atom stereocenters. The van der Waals surface area contributed by atoms with E-state index in [9.17, 15) is 10.2 Å². The van der Waals surface area contributed by atoms with Gasteiger partial charge >= 0.3 is 0 Å². The van der Waals surface area contributed by atoms with Crippen molar-refractivity contribution < 1.29 is 10.2 Å². The predicted molar refractivity (Wildman–Crippen MR) is 134 cm³/mol. The van der Waals surface area contributed by atoms with Crippen LogP contribution in [0.1, 0.15) is 118 Å². The highest BCUT2D eigenvalue weighted by Gasteiger charge is 2.38. The average Bonchev–Trinajstić information content (AvgIpc) is 3.36. The van der Waals surface area contributed by atoms with E-state index >= 15 is 0 Å². The number of aryl methyl sites for hydroxylation is 2. The van der Waals surface area contributed by atoms with Crippen LogP contribution in [0.25, 0.3) is 0 Å². The summed E-state index contributed by atoms with van der Waals surface area (Å²) in [4.78, 5) is 0. The first-order chi connectivity index (χ1) is 15.1. The molecule has 0 unspecified atom stereocenters. The molecule has 2 aliphatic rings. The number of benzene rings is 2. The number of hydrogen-bond acceptors (Lipinski definition) is 2. The molecule has 0 spiro atoms. The zero-order valence-electron chi connectivity index (χ0n) is 21.0. The first-order valence-corrected chi connectivity index (χ1v) is 12.7. The normalized spacial score (nSPS) is 19.9. The first kappa shape index (κ1) is 23.2. The monoisotopic (exact) mass is 434 g/mol. The molecule has 0 aromatic heterocycles. The van der Waals surface area contributed by atoms with E-state index < -0.39 is 0 Å². The van der Waals surface area contributed by atoms with Crippen LogP contribution in [-0.4, -0.2) is 10.2 Å². The van der Waals surface area contributed by atoms with Gasteiger partial charge in [-0.2, -0.15) is 0 Å². The minimum absolute atomic E-state index is 0.0395. The largest absolute Gasteiger partial charge is 0.507 e. The molecule has 32 heavy (non-hydrogen) atoms. The van der Waals surface area contributed by atoms with Gasteiger partial charge in [0.05, 0.1) is 0 Å². The summed E-state index contributed by atoms with van der Waals surface area (Å²) in [6.07, 6.45) is 9.45. The molecule has 2 saturated carbocycles. The Morgan fingerprint density at radius 1 is 0.656 bits per heavy atom. The Bertz CT molecular complexity index is 911. The molecule has 2 aliphatic carbocycles. The van der Waals surface area contributed by atoms with Crippen LogP contribution in [0.3, 0.4) is 0 Å². The maximum atomic E-state index is 11.6. The summed E-state index contributed by atoms with van der Waals surface area (Å²) in [7, 11) is 0. The molecule has 2 nitrogen and oxygen atoms in total. The van der Waals surface area contributed by atoms with Crippen molar-refractivity contribution in [2.24, 2.45) is 5.92 Å². The van der Waals surface area contributed by atoms with Crippen molar-refractivity contribution in [1.29, 1.82) is 0 Å². The van der Waals surface area contributed by atoms with Crippen molar-refractivity contribution in [1.82, 2.24) is 0 Å². The number of phenolic OH excluding ortho intramolecular Hbond substituents is 2. The molecule has 0 heterocycles. The molecule has 2 fully saturated rings. The molecule has 4 rings (SSSR count). The molecule has 2 aromatic rings. The Hall–Kier alpha value is -1.96. The molecular formula is C30H42O2. The molecule has 0 aliphatic heterocycles. The highest BCUT2D eigenvalue weighted by Crippen LogP contribution is 2.52. The van der Waals surface area contributed by atoms with Gasteiger partial charge in [-0.1, -0.05) is 88.8 Å². The van der Waals surface area contributed by atoms with Crippen molar-refractivity contribution in [3.05, 3.63) is 57.6 Å². The second-order valence-electron chi connectivity index (χ2n) is 11.8. The Morgan fingerprint density at radius 3 is 1.31 bits per heavy atom. The van der Waals surface area contributed by atoms with Crippen LogP contribution in [0.4, 0.5) is 0 Å². The van der Waals surface area contributed by atoms with Gasteiger partial charge in [-0.15, -0.1) is 0 Å². The third kappa shape index (κ3) is 3.95. The molecular weight excluding hydrogens is 392 g/mol. The van der Waals surface area contributed by atoms with E-state index in [4.69, 9.17) is 0 Å². The van der Waals surface area contributed by atoms with Gasteiger partial charge in [0.1, 0.15) is 11.5 Å². The maximum absolute atomic E-state index is 11.6. The van der Waals surface area contributed by atoms with Gasteiger partial charge in [-0.05, 0) is 56.3 Å². The van der Waals surface area contributed by atoms with Crippen LogP contribution >= 0.6 is 0 Å². The van der Waals surface area contributed by atoms with Gasteiger partial charge in [0.2, 0.25) is 0 Å². The van der Waals surface area contributed by atoms with Crippen LogP contribution in [0.2, 0.25) is 0 Å². The molecule has 2 N–H and O–H groups in total. The lowest BCUT2D eigenvalue weighted by atomic mass is 9.73. The Kier molecular flexibility index (Phi) is 6.11. The van der Waals surface area contributed by atoms with Crippen LogP contribution in [-0.2, 0) is 10.8 Å². The molecule has 0 bridgehead atoms. The summed E-state index contributed by atoms with van der Waals surface area (Å²) in [5.41, 5.74) is 6.64. The summed E-state index contributed by atoms with van der Waals surface area (Å²) >= 11 is 0. The van der Waals surface area contributed by atoms with Crippen LogP contribution in [0.15, 0.2) is 24.3 Å². The van der Waals surface area contributed by atoms with E-state index in [1.165, 1.54) is 36.8 Å². The second-order valence-corrected chi connectivity index (χ2v) is 11.8. The minimum Gasteiger partial charge on any atom is -0.507 e. The average molecular weight is 435 g/mol. The lowest BCUT2D eigenvalue weighted by Gasteiger charge is -2.32. The quantitative estimate of drug-likeness (QED) is 0.498. The summed E-state index contributed by atoms with van der Waals surface area (Å²) in [5.74, 6) is 1.12. The second kappa shape index (κ2) is 8.43. The van der Waals surface area contributed by atoms with Gasteiger partial charge in [-0.25, -0.2) is 0 Å². The van der Waals surface area contributed by atoms with E-state index in [2.05, 4.69) is 65.8 Å². The zero-order chi connectivity index (χ0) is 23.3. The summed E-state index contributed by atoms with van der Waals surface area (Å²) < 4.78 is 0. The van der Waals surface area contributed by atoms with Gasteiger partial charge < -0.3 is 10.2 Å². The smallest absolute Gasteiger partial charge is 0.123 e. The molecule has 2 aromatic carbocycles. The van der Waals surface area contributed by atoms with Crippen molar-refractivity contribution in [2.45, 2.75) is 110 Å². The van der Waals surface area contributed by atoms with Gasteiger partial charge in [0.15, 0.2) is 0 Å². The number of hydrogen-bond donors (Lipinski definition) is 2. The molecule has 0 saturated heterocycles. The topological polar surface area (TPSA) is 40.5 Å². The fourth-order valence-corrected chi connectivity index (χ4v) is 6.74. The highest BCUT2D eigenvalue weighted by molar-refractivity contribution is 5.57. The van der Waals surface area contributed by atoms with Crippen molar-refractivity contribution in [3.63, 3.8) is 0 Å². The van der Waals surface area contributed by atoms with E-state index in [0.717, 1.165) is 47.9 Å². The highest BCUT2D eigenvalue weighted by atomic mass is 16.3. The van der Waals surface area contributed by atoms with Gasteiger partial charge in [0, 0.05) is 28.2 Å². The molecule has 0 radical (unpaired) electrons. The van der Waals surface area contributed by atoms with Gasteiger partial charge in [-0.3, -0.25) is 0 Å². The third-order valence-electron chi connectivity index (χ3n) is 8.62. The van der Waals surface area contributed by atoms with E-state index in [1.54, 1.807) is 0 Å². The zero-order valence-corrected chi connectivity index (χ0v) is 21.0. The van der Waals surface area contributed by atoms with Crippen molar-refractivity contribution in [2.75, 3.05) is 0 Å². The van der Waals surface area contributed by atoms with E-state index in [0.29, 0.717) is 11.5 Å². The summed E-state index contributed by atoms with van der Waals surface area (Å²) in [5, 5.41) is 23.3. The number of rotatable bonds is 5. The van der Waals surface area contributed by atoms with Crippen LogP contribution in [0.5, 0.6) is 11.5 Å². The van der Waals surface area contributed by atoms with E-state index in [-0.39, 0.29) is 22.7 Å². The SMILES string of the molecule is Cc1cc(C(c2cc(C)cc(C3(C)CCCC3)c2O)C(C)C)c(O)c(C2(C)CCCC2)c1. The number of phenols is 2. The van der Waals surface area contributed by atoms with E-state index in [1.807, 2.05) is 0 Å². The fraction of sp³-hybridized carbons (Fsp3) is 0.600. The van der Waals surface area contributed by atoms with Crippen LogP contribution in [0, 0.1) is 19.8 Å². The fourth-order valence-electron chi connectivity index (χ4n) is 6.74. The van der Waals surface area contributed by atoms with Gasteiger partial charge in [0.25, 0.3) is 0 Å². The maximum Gasteiger partial charge on any atom is 0.123 e. The molecule has 2 heteroatoms. The number of aromatic hydroxyl groups is 2. The summed E-state index contributed by atoms with van der Waals surface area (Å²) in [6.45, 7) is 13.3. The summed E-state index contributed by atoms with van der Waals surface area (Å²) in [6, 6.07) is 8.70. The Balaban J connectivity index is 1.90. The predicted octanol–water partition coefficient (Wildman–Crippen LogP) is 8.17. The first-order valence-electron chi connectivity index (χ1n) is 12.7. The van der Waals surface area contributed by atoms with Crippen molar-refractivity contribution in [3.8, 4) is 11.5 Å².